The Balaban J connectivity index is 2.54. The van der Waals surface area contributed by atoms with Gasteiger partial charge in [0.1, 0.15) is 0 Å². The Hall–Kier alpha value is -1.68. The molecule has 18 heavy (non-hydrogen) atoms. The van der Waals surface area contributed by atoms with E-state index in [1.165, 1.54) is 12.1 Å². The predicted octanol–water partition coefficient (Wildman–Crippen LogP) is 4.61. The third-order valence-corrected chi connectivity index (χ3v) is 2.75. The summed E-state index contributed by atoms with van der Waals surface area (Å²) in [6, 6.07) is 10.5. The minimum Gasteiger partial charge on any atom is -0.398 e. The third kappa shape index (κ3) is 2.59. The van der Waals surface area contributed by atoms with Crippen LogP contribution in [0.3, 0.4) is 0 Å². The lowest BCUT2D eigenvalue weighted by Gasteiger charge is -2.12. The number of halogens is 4. The Morgan fingerprint density at radius 2 is 1.61 bits per heavy atom. The summed E-state index contributed by atoms with van der Waals surface area (Å²) in [5, 5.41) is 0.470. The summed E-state index contributed by atoms with van der Waals surface area (Å²) in [5.41, 5.74) is 5.27. The standard InChI is InChI=1S/C13H9ClF3N/c14-10-3-1-2-8(6-10)9-4-5-12(18)11(7-9)13(15,16)17/h1-7H,18H2. The van der Waals surface area contributed by atoms with Gasteiger partial charge in [-0.15, -0.1) is 0 Å². The van der Waals surface area contributed by atoms with Crippen molar-refractivity contribution in [2.45, 2.75) is 6.18 Å². The molecule has 2 rings (SSSR count). The fraction of sp³-hybridized carbons (Fsp3) is 0.0769. The second-order valence-electron chi connectivity index (χ2n) is 3.81. The molecule has 0 aromatic heterocycles. The highest BCUT2D eigenvalue weighted by atomic mass is 35.5. The summed E-state index contributed by atoms with van der Waals surface area (Å²) < 4.78 is 38.2. The SMILES string of the molecule is Nc1ccc(-c2cccc(Cl)c2)cc1C(F)(F)F. The van der Waals surface area contributed by atoms with Gasteiger partial charge in [0.25, 0.3) is 0 Å². The Bertz CT molecular complexity index is 579. The number of anilines is 1. The summed E-state index contributed by atoms with van der Waals surface area (Å²) in [7, 11) is 0. The number of nitrogens with two attached hydrogens (primary N) is 1. The van der Waals surface area contributed by atoms with Crippen molar-refractivity contribution in [1.82, 2.24) is 0 Å². The highest BCUT2D eigenvalue weighted by Gasteiger charge is 2.33. The first kappa shape index (κ1) is 12.8. The van der Waals surface area contributed by atoms with Gasteiger partial charge < -0.3 is 5.73 Å². The Morgan fingerprint density at radius 3 is 2.22 bits per heavy atom. The molecule has 0 spiro atoms. The smallest absolute Gasteiger partial charge is 0.398 e. The molecule has 2 aromatic carbocycles. The van der Waals surface area contributed by atoms with Crippen LogP contribution in [0.25, 0.3) is 11.1 Å². The van der Waals surface area contributed by atoms with Crippen LogP contribution in [0.2, 0.25) is 5.02 Å². The molecule has 0 fully saturated rings. The second kappa shape index (κ2) is 4.53. The zero-order valence-electron chi connectivity index (χ0n) is 9.13. The largest absolute Gasteiger partial charge is 0.418 e. The minimum atomic E-state index is -4.46. The fourth-order valence-corrected chi connectivity index (χ4v) is 1.84. The van der Waals surface area contributed by atoms with Crippen LogP contribution in [0.1, 0.15) is 5.56 Å². The van der Waals surface area contributed by atoms with Crippen molar-refractivity contribution in [3.05, 3.63) is 53.1 Å². The van der Waals surface area contributed by atoms with Crippen LogP contribution < -0.4 is 5.73 Å². The number of rotatable bonds is 1. The summed E-state index contributed by atoms with van der Waals surface area (Å²) in [4.78, 5) is 0. The minimum absolute atomic E-state index is 0.284. The monoisotopic (exact) mass is 271 g/mol. The molecule has 0 amide bonds. The maximum atomic E-state index is 12.7. The third-order valence-electron chi connectivity index (χ3n) is 2.52. The van der Waals surface area contributed by atoms with E-state index in [0.29, 0.717) is 16.1 Å². The molecule has 1 nitrogen and oxygen atoms in total. The molecule has 0 aliphatic rings. The number of alkyl halides is 3. The molecule has 2 N–H and O–H groups in total. The summed E-state index contributed by atoms with van der Waals surface area (Å²) in [6.45, 7) is 0. The average molecular weight is 272 g/mol. The van der Waals surface area contributed by atoms with Crippen molar-refractivity contribution < 1.29 is 13.2 Å². The fourth-order valence-electron chi connectivity index (χ4n) is 1.65. The molecule has 0 saturated heterocycles. The maximum absolute atomic E-state index is 12.7. The number of hydrogen-bond donors (Lipinski definition) is 1. The van der Waals surface area contributed by atoms with E-state index in [9.17, 15) is 13.2 Å². The predicted molar refractivity (Wildman–Crippen MR) is 66.3 cm³/mol. The van der Waals surface area contributed by atoms with Gasteiger partial charge in [-0.05, 0) is 35.4 Å². The van der Waals surface area contributed by atoms with E-state index in [4.69, 9.17) is 17.3 Å². The lowest BCUT2D eigenvalue weighted by atomic mass is 10.0. The van der Waals surface area contributed by atoms with E-state index < -0.39 is 11.7 Å². The van der Waals surface area contributed by atoms with Gasteiger partial charge >= 0.3 is 6.18 Å². The van der Waals surface area contributed by atoms with Crippen molar-refractivity contribution >= 4 is 17.3 Å². The normalized spacial score (nSPS) is 11.6. The van der Waals surface area contributed by atoms with Crippen LogP contribution in [-0.2, 0) is 6.18 Å². The van der Waals surface area contributed by atoms with Crippen LogP contribution in [0.5, 0.6) is 0 Å². The van der Waals surface area contributed by atoms with Crippen molar-refractivity contribution in [2.24, 2.45) is 0 Å². The first-order valence-electron chi connectivity index (χ1n) is 5.10. The molecular weight excluding hydrogens is 263 g/mol. The van der Waals surface area contributed by atoms with Crippen molar-refractivity contribution in [3.8, 4) is 11.1 Å². The average Bonchev–Trinajstić information content (AvgIpc) is 2.28. The topological polar surface area (TPSA) is 26.0 Å². The molecule has 2 aromatic rings. The van der Waals surface area contributed by atoms with E-state index in [1.807, 2.05) is 0 Å². The summed E-state index contributed by atoms with van der Waals surface area (Å²) >= 11 is 5.81. The zero-order chi connectivity index (χ0) is 13.3. The van der Waals surface area contributed by atoms with Gasteiger partial charge in [0.05, 0.1) is 5.56 Å². The molecule has 5 heteroatoms. The quantitative estimate of drug-likeness (QED) is 0.753. The summed E-state index contributed by atoms with van der Waals surface area (Å²) in [6.07, 6.45) is -4.46. The zero-order valence-corrected chi connectivity index (χ0v) is 9.89. The van der Waals surface area contributed by atoms with E-state index in [-0.39, 0.29) is 5.69 Å². The van der Waals surface area contributed by atoms with Crippen LogP contribution in [-0.4, -0.2) is 0 Å². The lowest BCUT2D eigenvalue weighted by molar-refractivity contribution is -0.136. The van der Waals surface area contributed by atoms with Gasteiger partial charge in [0.15, 0.2) is 0 Å². The molecule has 0 atom stereocenters. The lowest BCUT2D eigenvalue weighted by Crippen LogP contribution is -2.08. The van der Waals surface area contributed by atoms with Crippen LogP contribution in [0.15, 0.2) is 42.5 Å². The first-order valence-corrected chi connectivity index (χ1v) is 5.48. The van der Waals surface area contributed by atoms with Gasteiger partial charge in [0.2, 0.25) is 0 Å². The number of benzene rings is 2. The van der Waals surface area contributed by atoms with E-state index in [1.54, 1.807) is 24.3 Å². The molecule has 0 unspecified atom stereocenters. The van der Waals surface area contributed by atoms with Crippen LogP contribution >= 0.6 is 11.6 Å². The van der Waals surface area contributed by atoms with Crippen molar-refractivity contribution in [2.75, 3.05) is 5.73 Å². The molecule has 0 bridgehead atoms. The van der Waals surface area contributed by atoms with Crippen LogP contribution in [0.4, 0.5) is 18.9 Å². The molecule has 0 saturated carbocycles. The highest BCUT2D eigenvalue weighted by Crippen LogP contribution is 2.36. The van der Waals surface area contributed by atoms with Gasteiger partial charge in [-0.1, -0.05) is 29.8 Å². The van der Waals surface area contributed by atoms with Crippen molar-refractivity contribution in [3.63, 3.8) is 0 Å². The molecule has 0 radical (unpaired) electrons. The maximum Gasteiger partial charge on any atom is 0.418 e. The second-order valence-corrected chi connectivity index (χ2v) is 4.25. The van der Waals surface area contributed by atoms with Gasteiger partial charge in [-0.25, -0.2) is 0 Å². The van der Waals surface area contributed by atoms with Crippen molar-refractivity contribution in [1.29, 1.82) is 0 Å². The number of hydrogen-bond acceptors (Lipinski definition) is 1. The summed E-state index contributed by atoms with van der Waals surface area (Å²) in [5.74, 6) is 0. The molecule has 94 valence electrons. The van der Waals surface area contributed by atoms with Crippen LogP contribution in [0, 0.1) is 0 Å². The number of nitrogen functional groups attached to an aromatic ring is 1. The Kier molecular flexibility index (Phi) is 3.22. The molecular formula is C13H9ClF3N. The Labute approximate surface area is 107 Å². The first-order chi connectivity index (χ1) is 8.38. The van der Waals surface area contributed by atoms with Gasteiger partial charge in [-0.2, -0.15) is 13.2 Å². The van der Waals surface area contributed by atoms with E-state index in [2.05, 4.69) is 0 Å². The van der Waals surface area contributed by atoms with Gasteiger partial charge in [0, 0.05) is 10.7 Å². The van der Waals surface area contributed by atoms with Gasteiger partial charge in [-0.3, -0.25) is 0 Å². The molecule has 0 heterocycles. The molecule has 0 aliphatic carbocycles. The molecule has 0 aliphatic heterocycles. The van der Waals surface area contributed by atoms with E-state index >= 15 is 0 Å². The van der Waals surface area contributed by atoms with E-state index in [0.717, 1.165) is 6.07 Å². The highest BCUT2D eigenvalue weighted by molar-refractivity contribution is 6.30. The Morgan fingerprint density at radius 1 is 0.944 bits per heavy atom.